The Morgan fingerprint density at radius 2 is 2.11 bits per heavy atom. The third-order valence-electron chi connectivity index (χ3n) is 2.34. The molecule has 0 amide bonds. The SMILES string of the molecule is Fc1ccc(SCCNCc2ccoc2)c(F)c1. The first kappa shape index (κ1) is 13.1. The quantitative estimate of drug-likeness (QED) is 0.642. The number of benzene rings is 1. The molecule has 0 aliphatic rings. The van der Waals surface area contributed by atoms with Crippen LogP contribution in [-0.4, -0.2) is 12.3 Å². The first-order chi connectivity index (χ1) is 8.75. The summed E-state index contributed by atoms with van der Waals surface area (Å²) >= 11 is 1.37. The minimum absolute atomic E-state index is 0.474. The van der Waals surface area contributed by atoms with E-state index in [9.17, 15) is 8.78 Å². The number of rotatable bonds is 6. The Kier molecular flexibility index (Phi) is 4.78. The lowest BCUT2D eigenvalue weighted by Gasteiger charge is -2.04. The molecule has 0 spiro atoms. The van der Waals surface area contributed by atoms with Crippen LogP contribution in [0.5, 0.6) is 0 Å². The van der Waals surface area contributed by atoms with E-state index < -0.39 is 11.6 Å². The molecule has 0 aliphatic heterocycles. The highest BCUT2D eigenvalue weighted by Crippen LogP contribution is 2.21. The summed E-state index contributed by atoms with van der Waals surface area (Å²) in [6.07, 6.45) is 3.30. The standard InChI is InChI=1S/C13H13F2NOS/c14-11-1-2-13(12(15)7-11)18-6-4-16-8-10-3-5-17-9-10/h1-3,5,7,9,16H,4,6,8H2. The number of halogens is 2. The van der Waals surface area contributed by atoms with E-state index >= 15 is 0 Å². The van der Waals surface area contributed by atoms with Crippen LogP contribution in [0.1, 0.15) is 5.56 Å². The van der Waals surface area contributed by atoms with Crippen LogP contribution in [0.15, 0.2) is 46.1 Å². The summed E-state index contributed by atoms with van der Waals surface area (Å²) in [6, 6.07) is 5.52. The number of furan rings is 1. The molecular formula is C13H13F2NOS. The molecule has 0 saturated heterocycles. The topological polar surface area (TPSA) is 25.2 Å². The van der Waals surface area contributed by atoms with E-state index in [1.807, 2.05) is 6.07 Å². The number of nitrogens with one attached hydrogen (secondary N) is 1. The largest absolute Gasteiger partial charge is 0.472 e. The fourth-order valence-electron chi connectivity index (χ4n) is 1.45. The van der Waals surface area contributed by atoms with Crippen molar-refractivity contribution in [2.24, 2.45) is 0 Å². The third kappa shape index (κ3) is 3.85. The highest BCUT2D eigenvalue weighted by molar-refractivity contribution is 7.99. The molecule has 5 heteroatoms. The highest BCUT2D eigenvalue weighted by Gasteiger charge is 2.03. The zero-order valence-corrected chi connectivity index (χ0v) is 10.5. The molecule has 1 N–H and O–H groups in total. The van der Waals surface area contributed by atoms with E-state index in [2.05, 4.69) is 5.32 Å². The van der Waals surface area contributed by atoms with Crippen LogP contribution in [0.2, 0.25) is 0 Å². The van der Waals surface area contributed by atoms with Crippen molar-refractivity contribution in [3.63, 3.8) is 0 Å². The molecule has 0 bridgehead atoms. The molecule has 1 heterocycles. The van der Waals surface area contributed by atoms with E-state index in [4.69, 9.17) is 4.42 Å². The van der Waals surface area contributed by atoms with Crippen molar-refractivity contribution in [2.45, 2.75) is 11.4 Å². The zero-order valence-electron chi connectivity index (χ0n) is 9.66. The molecule has 2 rings (SSSR count). The minimum Gasteiger partial charge on any atom is -0.472 e. The maximum Gasteiger partial charge on any atom is 0.139 e. The smallest absolute Gasteiger partial charge is 0.139 e. The number of thioether (sulfide) groups is 1. The Morgan fingerprint density at radius 1 is 1.22 bits per heavy atom. The lowest BCUT2D eigenvalue weighted by atomic mass is 10.3. The summed E-state index contributed by atoms with van der Waals surface area (Å²) in [6.45, 7) is 1.47. The van der Waals surface area contributed by atoms with Crippen molar-refractivity contribution in [1.29, 1.82) is 0 Å². The van der Waals surface area contributed by atoms with Crippen LogP contribution in [0.3, 0.4) is 0 Å². The lowest BCUT2D eigenvalue weighted by Crippen LogP contribution is -2.16. The molecule has 0 unspecified atom stereocenters. The molecule has 0 radical (unpaired) electrons. The molecular weight excluding hydrogens is 256 g/mol. The van der Waals surface area contributed by atoms with Gasteiger partial charge in [0.1, 0.15) is 11.6 Å². The molecule has 18 heavy (non-hydrogen) atoms. The lowest BCUT2D eigenvalue weighted by molar-refractivity contribution is 0.561. The van der Waals surface area contributed by atoms with Gasteiger partial charge in [0, 0.05) is 35.4 Å². The van der Waals surface area contributed by atoms with E-state index in [1.54, 1.807) is 12.5 Å². The van der Waals surface area contributed by atoms with Gasteiger partial charge in [0.15, 0.2) is 0 Å². The molecule has 0 aliphatic carbocycles. The van der Waals surface area contributed by atoms with Gasteiger partial charge in [0.2, 0.25) is 0 Å². The van der Waals surface area contributed by atoms with Crippen molar-refractivity contribution >= 4 is 11.8 Å². The van der Waals surface area contributed by atoms with Crippen LogP contribution in [-0.2, 0) is 6.54 Å². The van der Waals surface area contributed by atoms with Crippen LogP contribution >= 0.6 is 11.8 Å². The van der Waals surface area contributed by atoms with Crippen LogP contribution < -0.4 is 5.32 Å². The van der Waals surface area contributed by atoms with Gasteiger partial charge >= 0.3 is 0 Å². The summed E-state index contributed by atoms with van der Waals surface area (Å²) in [5, 5.41) is 3.21. The molecule has 0 atom stereocenters. The van der Waals surface area contributed by atoms with Crippen LogP contribution in [0.25, 0.3) is 0 Å². The normalized spacial score (nSPS) is 10.8. The predicted molar refractivity (Wildman–Crippen MR) is 67.5 cm³/mol. The van der Waals surface area contributed by atoms with E-state index in [1.165, 1.54) is 23.9 Å². The predicted octanol–water partition coefficient (Wildman–Crippen LogP) is 3.44. The maximum absolute atomic E-state index is 13.3. The summed E-state index contributed by atoms with van der Waals surface area (Å²) in [5.74, 6) is -0.329. The molecule has 2 nitrogen and oxygen atoms in total. The van der Waals surface area contributed by atoms with E-state index in [-0.39, 0.29) is 0 Å². The summed E-state index contributed by atoms with van der Waals surface area (Å²) in [5.41, 5.74) is 1.08. The van der Waals surface area contributed by atoms with Gasteiger partial charge in [0.25, 0.3) is 0 Å². The molecule has 96 valence electrons. The van der Waals surface area contributed by atoms with Crippen molar-refractivity contribution in [1.82, 2.24) is 5.32 Å². The summed E-state index contributed by atoms with van der Waals surface area (Å²) in [7, 11) is 0. The molecule has 1 aromatic heterocycles. The first-order valence-corrected chi connectivity index (χ1v) is 6.54. The minimum atomic E-state index is -0.546. The monoisotopic (exact) mass is 269 g/mol. The average Bonchev–Trinajstić information content (AvgIpc) is 2.84. The van der Waals surface area contributed by atoms with Crippen LogP contribution in [0, 0.1) is 11.6 Å². The van der Waals surface area contributed by atoms with Gasteiger partial charge < -0.3 is 9.73 Å². The van der Waals surface area contributed by atoms with Gasteiger partial charge in [-0.3, -0.25) is 0 Å². The second kappa shape index (κ2) is 6.56. The number of hydrogen-bond donors (Lipinski definition) is 1. The Bertz CT molecular complexity index is 488. The molecule has 0 fully saturated rings. The summed E-state index contributed by atoms with van der Waals surface area (Å²) < 4.78 is 30.9. The third-order valence-corrected chi connectivity index (χ3v) is 3.39. The second-order valence-electron chi connectivity index (χ2n) is 3.73. The zero-order chi connectivity index (χ0) is 12.8. The van der Waals surface area contributed by atoms with Gasteiger partial charge in [-0.05, 0) is 18.2 Å². The first-order valence-electron chi connectivity index (χ1n) is 5.55. The van der Waals surface area contributed by atoms with Gasteiger partial charge in [-0.15, -0.1) is 11.8 Å². The fourth-order valence-corrected chi connectivity index (χ4v) is 2.28. The van der Waals surface area contributed by atoms with Gasteiger partial charge in [0.05, 0.1) is 12.5 Å². The van der Waals surface area contributed by atoms with Crippen molar-refractivity contribution in [2.75, 3.05) is 12.3 Å². The maximum atomic E-state index is 13.3. The van der Waals surface area contributed by atoms with Gasteiger partial charge in [-0.2, -0.15) is 0 Å². The number of hydrogen-bond acceptors (Lipinski definition) is 3. The van der Waals surface area contributed by atoms with Crippen molar-refractivity contribution in [3.8, 4) is 0 Å². The van der Waals surface area contributed by atoms with E-state index in [0.29, 0.717) is 4.90 Å². The highest BCUT2D eigenvalue weighted by atomic mass is 32.2. The molecule has 1 aromatic carbocycles. The Hall–Kier alpha value is -1.33. The average molecular weight is 269 g/mol. The van der Waals surface area contributed by atoms with Crippen LogP contribution in [0.4, 0.5) is 8.78 Å². The molecule has 2 aromatic rings. The Morgan fingerprint density at radius 3 is 2.83 bits per heavy atom. The van der Waals surface area contributed by atoms with Crippen molar-refractivity contribution < 1.29 is 13.2 Å². The Labute approximate surface area is 108 Å². The summed E-state index contributed by atoms with van der Waals surface area (Å²) in [4.78, 5) is 0.474. The van der Waals surface area contributed by atoms with Gasteiger partial charge in [-0.1, -0.05) is 0 Å². The Balaban J connectivity index is 1.69. The molecule has 0 saturated carbocycles. The fraction of sp³-hybridized carbons (Fsp3) is 0.231. The van der Waals surface area contributed by atoms with Gasteiger partial charge in [-0.25, -0.2) is 8.78 Å². The van der Waals surface area contributed by atoms with E-state index in [0.717, 1.165) is 30.5 Å². The second-order valence-corrected chi connectivity index (χ2v) is 4.87. The van der Waals surface area contributed by atoms with Crippen molar-refractivity contribution in [3.05, 3.63) is 54.0 Å².